The Morgan fingerprint density at radius 3 is 2.86 bits per heavy atom. The van der Waals surface area contributed by atoms with Crippen LogP contribution in [0, 0.1) is 5.82 Å². The molecule has 1 aromatic rings. The maximum absolute atomic E-state index is 13.2. The molecule has 0 radical (unpaired) electrons. The topological polar surface area (TPSA) is 55.1 Å². The van der Waals surface area contributed by atoms with E-state index in [9.17, 15) is 9.18 Å². The smallest absolute Gasteiger partial charge is 0.241 e. The quantitative estimate of drug-likeness (QED) is 0.792. The van der Waals surface area contributed by atoms with E-state index in [4.69, 9.17) is 17.3 Å². The van der Waals surface area contributed by atoms with Gasteiger partial charge in [0, 0.05) is 0 Å². The fraction of sp³-hybridized carbons (Fsp3) is 0.222. The van der Waals surface area contributed by atoms with E-state index in [-0.39, 0.29) is 10.7 Å². The van der Waals surface area contributed by atoms with Gasteiger partial charge in [0.2, 0.25) is 5.91 Å². The molecule has 0 spiro atoms. The summed E-state index contributed by atoms with van der Waals surface area (Å²) >= 11 is 5.52. The van der Waals surface area contributed by atoms with Gasteiger partial charge >= 0.3 is 0 Å². The molecule has 0 aliphatic rings. The maximum Gasteiger partial charge on any atom is 0.241 e. The van der Waals surface area contributed by atoms with E-state index in [1.54, 1.807) is 6.07 Å². The van der Waals surface area contributed by atoms with E-state index in [2.05, 4.69) is 5.32 Å². The Hall–Kier alpha value is -1.13. The van der Waals surface area contributed by atoms with Crippen LogP contribution in [0.4, 0.5) is 10.1 Å². The van der Waals surface area contributed by atoms with Crippen LogP contribution in [0.5, 0.6) is 0 Å². The van der Waals surface area contributed by atoms with E-state index < -0.39 is 17.8 Å². The summed E-state index contributed by atoms with van der Waals surface area (Å²) in [5.41, 5.74) is 5.35. The highest BCUT2D eigenvalue weighted by atomic mass is 35.5. The molecular weight excluding hydrogens is 207 g/mol. The molecule has 1 amide bonds. The molecule has 14 heavy (non-hydrogen) atoms. The van der Waals surface area contributed by atoms with Crippen molar-refractivity contribution in [3.63, 3.8) is 0 Å². The zero-order valence-corrected chi connectivity index (χ0v) is 8.31. The van der Waals surface area contributed by atoms with Crippen LogP contribution in [0.15, 0.2) is 18.2 Å². The molecule has 0 fully saturated rings. The molecule has 3 nitrogen and oxygen atoms in total. The minimum atomic E-state index is -0.687. The molecule has 1 atom stereocenters. The van der Waals surface area contributed by atoms with E-state index in [1.165, 1.54) is 19.1 Å². The van der Waals surface area contributed by atoms with E-state index in [0.29, 0.717) is 0 Å². The molecule has 5 heteroatoms. The van der Waals surface area contributed by atoms with Gasteiger partial charge in [-0.3, -0.25) is 4.79 Å². The standard InChI is InChI=1S/C9H10ClFN2O/c1-5(12)9(14)13-7-4-2-3-6(10)8(7)11/h2-5H,12H2,1H3,(H,13,14)/t5-/m1/s1. The zero-order chi connectivity index (χ0) is 10.7. The first kappa shape index (κ1) is 10.9. The molecule has 1 aromatic carbocycles. The number of nitrogens with one attached hydrogen (secondary N) is 1. The summed E-state index contributed by atoms with van der Waals surface area (Å²) in [7, 11) is 0. The van der Waals surface area contributed by atoms with Gasteiger partial charge in [0.15, 0.2) is 5.82 Å². The van der Waals surface area contributed by atoms with Crippen molar-refractivity contribution in [1.82, 2.24) is 0 Å². The highest BCUT2D eigenvalue weighted by molar-refractivity contribution is 6.31. The van der Waals surface area contributed by atoms with Crippen LogP contribution in [-0.2, 0) is 4.79 Å². The van der Waals surface area contributed by atoms with E-state index in [1.807, 2.05) is 0 Å². The number of halogens is 2. The maximum atomic E-state index is 13.2. The molecule has 1 rings (SSSR count). The van der Waals surface area contributed by atoms with Gasteiger partial charge in [0.05, 0.1) is 16.8 Å². The number of hydrogen-bond acceptors (Lipinski definition) is 2. The normalized spacial score (nSPS) is 12.3. The third-order valence-corrected chi connectivity index (χ3v) is 1.91. The van der Waals surface area contributed by atoms with Crippen molar-refractivity contribution in [3.05, 3.63) is 29.0 Å². The SMILES string of the molecule is C[C@@H](N)C(=O)Nc1cccc(Cl)c1F. The number of benzene rings is 1. The van der Waals surface area contributed by atoms with Gasteiger partial charge in [0.25, 0.3) is 0 Å². The van der Waals surface area contributed by atoms with Crippen molar-refractivity contribution in [1.29, 1.82) is 0 Å². The van der Waals surface area contributed by atoms with E-state index in [0.717, 1.165) is 0 Å². The lowest BCUT2D eigenvalue weighted by molar-refractivity contribution is -0.117. The average molecular weight is 217 g/mol. The van der Waals surface area contributed by atoms with Crippen LogP contribution < -0.4 is 11.1 Å². The highest BCUT2D eigenvalue weighted by Crippen LogP contribution is 2.21. The van der Waals surface area contributed by atoms with Gasteiger partial charge in [-0.1, -0.05) is 17.7 Å². The van der Waals surface area contributed by atoms with Gasteiger partial charge in [-0.05, 0) is 19.1 Å². The highest BCUT2D eigenvalue weighted by Gasteiger charge is 2.11. The van der Waals surface area contributed by atoms with Crippen molar-refractivity contribution in [2.24, 2.45) is 5.73 Å². The van der Waals surface area contributed by atoms with Crippen molar-refractivity contribution in [2.75, 3.05) is 5.32 Å². The molecule has 0 saturated carbocycles. The molecule has 76 valence electrons. The first-order valence-electron chi connectivity index (χ1n) is 4.03. The summed E-state index contributed by atoms with van der Waals surface area (Å²) in [6, 6.07) is 3.68. The summed E-state index contributed by atoms with van der Waals surface area (Å²) in [5, 5.41) is 2.29. The summed E-state index contributed by atoms with van der Waals surface area (Å²) < 4.78 is 13.2. The summed E-state index contributed by atoms with van der Waals surface area (Å²) in [4.78, 5) is 11.1. The molecule has 0 unspecified atom stereocenters. The summed E-state index contributed by atoms with van der Waals surface area (Å²) in [6.45, 7) is 1.51. The molecule has 0 aliphatic heterocycles. The Balaban J connectivity index is 2.87. The number of carbonyl (C=O) groups excluding carboxylic acids is 1. The number of nitrogens with two attached hydrogens (primary N) is 1. The fourth-order valence-electron chi connectivity index (χ4n) is 0.847. The van der Waals surface area contributed by atoms with Crippen LogP contribution >= 0.6 is 11.6 Å². The monoisotopic (exact) mass is 216 g/mol. The molecule has 0 aliphatic carbocycles. The number of hydrogen-bond donors (Lipinski definition) is 2. The van der Waals surface area contributed by atoms with Gasteiger partial charge in [-0.2, -0.15) is 0 Å². The lowest BCUT2D eigenvalue weighted by atomic mass is 10.2. The Kier molecular flexibility index (Phi) is 3.43. The lowest BCUT2D eigenvalue weighted by Crippen LogP contribution is -2.32. The van der Waals surface area contributed by atoms with Crippen LogP contribution in [0.2, 0.25) is 5.02 Å². The molecule has 3 N–H and O–H groups in total. The second-order valence-corrected chi connectivity index (χ2v) is 3.29. The van der Waals surface area contributed by atoms with E-state index >= 15 is 0 Å². The average Bonchev–Trinajstić information content (AvgIpc) is 2.12. The molecule has 0 saturated heterocycles. The Morgan fingerprint density at radius 2 is 2.29 bits per heavy atom. The van der Waals surface area contributed by atoms with Crippen molar-refractivity contribution in [3.8, 4) is 0 Å². The molecule has 0 aromatic heterocycles. The van der Waals surface area contributed by atoms with Crippen LogP contribution in [-0.4, -0.2) is 11.9 Å². The lowest BCUT2D eigenvalue weighted by Gasteiger charge is -2.08. The fourth-order valence-corrected chi connectivity index (χ4v) is 1.02. The minimum absolute atomic E-state index is 0.0347. The van der Waals surface area contributed by atoms with Gasteiger partial charge in [-0.25, -0.2) is 4.39 Å². The van der Waals surface area contributed by atoms with Gasteiger partial charge < -0.3 is 11.1 Å². The van der Waals surface area contributed by atoms with Crippen molar-refractivity contribution < 1.29 is 9.18 Å². The minimum Gasteiger partial charge on any atom is -0.322 e. The van der Waals surface area contributed by atoms with Gasteiger partial charge in [0.1, 0.15) is 0 Å². The predicted molar refractivity (Wildman–Crippen MR) is 53.7 cm³/mol. The third kappa shape index (κ3) is 2.43. The second-order valence-electron chi connectivity index (χ2n) is 2.88. The largest absolute Gasteiger partial charge is 0.322 e. The van der Waals surface area contributed by atoms with Crippen molar-refractivity contribution >= 4 is 23.2 Å². The molecule has 0 bridgehead atoms. The number of carbonyl (C=O) groups is 1. The number of amides is 1. The molecule has 0 heterocycles. The second kappa shape index (κ2) is 4.39. The Morgan fingerprint density at radius 1 is 1.64 bits per heavy atom. The third-order valence-electron chi connectivity index (χ3n) is 1.62. The number of anilines is 1. The Bertz CT molecular complexity index is 355. The summed E-state index contributed by atoms with van der Waals surface area (Å²) in [6.07, 6.45) is 0. The summed E-state index contributed by atoms with van der Waals surface area (Å²) in [5.74, 6) is -1.10. The van der Waals surface area contributed by atoms with Crippen LogP contribution in [0.1, 0.15) is 6.92 Å². The van der Waals surface area contributed by atoms with Crippen LogP contribution in [0.3, 0.4) is 0 Å². The molecular formula is C9H10ClFN2O. The zero-order valence-electron chi connectivity index (χ0n) is 7.55. The Labute approximate surface area is 86.0 Å². The first-order chi connectivity index (χ1) is 6.52. The first-order valence-corrected chi connectivity index (χ1v) is 4.40. The number of rotatable bonds is 2. The van der Waals surface area contributed by atoms with Crippen molar-refractivity contribution in [2.45, 2.75) is 13.0 Å². The van der Waals surface area contributed by atoms with Gasteiger partial charge in [-0.15, -0.1) is 0 Å². The van der Waals surface area contributed by atoms with Crippen LogP contribution in [0.25, 0.3) is 0 Å². The predicted octanol–water partition coefficient (Wildman–Crippen LogP) is 1.76.